The van der Waals surface area contributed by atoms with E-state index in [0.717, 1.165) is 29.8 Å². The molecule has 0 aromatic carbocycles. The first kappa shape index (κ1) is 12.6. The van der Waals surface area contributed by atoms with Crippen LogP contribution in [0.25, 0.3) is 0 Å². The van der Waals surface area contributed by atoms with E-state index in [1.54, 1.807) is 0 Å². The van der Waals surface area contributed by atoms with Crippen molar-refractivity contribution in [3.05, 3.63) is 0 Å². The van der Waals surface area contributed by atoms with Crippen LogP contribution in [0.15, 0.2) is 0 Å². The van der Waals surface area contributed by atoms with Gasteiger partial charge in [0.15, 0.2) is 0 Å². The lowest BCUT2D eigenvalue weighted by atomic mass is 9.57. The molecule has 2 saturated carbocycles. The summed E-state index contributed by atoms with van der Waals surface area (Å²) in [6, 6.07) is 1.75. The Morgan fingerprint density at radius 1 is 1.11 bits per heavy atom. The van der Waals surface area contributed by atoms with Crippen molar-refractivity contribution in [1.82, 2.24) is 10.2 Å². The van der Waals surface area contributed by atoms with E-state index in [2.05, 4.69) is 24.2 Å². The Morgan fingerprint density at radius 2 is 1.95 bits per heavy atom. The summed E-state index contributed by atoms with van der Waals surface area (Å²) in [6.45, 7) is 5.14. The van der Waals surface area contributed by atoms with Crippen molar-refractivity contribution in [2.75, 3.05) is 20.1 Å². The number of piperidine rings is 1. The Kier molecular flexibility index (Phi) is 2.97. The number of nitrogens with one attached hydrogen (secondary N) is 1. The van der Waals surface area contributed by atoms with Gasteiger partial charge in [0.05, 0.1) is 0 Å². The van der Waals surface area contributed by atoms with E-state index in [1.165, 1.54) is 58.0 Å². The lowest BCUT2D eigenvalue weighted by Gasteiger charge is -2.49. The lowest BCUT2D eigenvalue weighted by Crippen LogP contribution is -2.52. The smallest absolute Gasteiger partial charge is 0.0135 e. The molecule has 2 heterocycles. The molecule has 5 unspecified atom stereocenters. The van der Waals surface area contributed by atoms with Crippen LogP contribution in [0.1, 0.15) is 51.9 Å². The maximum absolute atomic E-state index is 4.06. The van der Waals surface area contributed by atoms with Crippen molar-refractivity contribution in [1.29, 1.82) is 0 Å². The molecule has 0 aromatic heterocycles. The molecule has 0 amide bonds. The van der Waals surface area contributed by atoms with Gasteiger partial charge in [-0.05, 0) is 88.3 Å². The summed E-state index contributed by atoms with van der Waals surface area (Å²) in [5.41, 5.74) is 0.711. The molecule has 1 N–H and O–H groups in total. The van der Waals surface area contributed by atoms with Crippen LogP contribution in [-0.4, -0.2) is 37.1 Å². The van der Waals surface area contributed by atoms with Gasteiger partial charge < -0.3 is 10.2 Å². The standard InChI is InChI=1S/C17H30N2/c1-12-9-13-11-15-14-5-3-7-19(2)8-4-6-17(13,14)16(10-12)18-15/h12-16,18H,3-11H2,1-2H3/t12?,13?,14-,15?,16?,17?/m1/s1. The van der Waals surface area contributed by atoms with E-state index in [-0.39, 0.29) is 0 Å². The largest absolute Gasteiger partial charge is 0.310 e. The minimum Gasteiger partial charge on any atom is -0.310 e. The van der Waals surface area contributed by atoms with Crippen molar-refractivity contribution in [3.63, 3.8) is 0 Å². The monoisotopic (exact) mass is 262 g/mol. The summed E-state index contributed by atoms with van der Waals surface area (Å²) in [6.07, 6.45) is 10.3. The van der Waals surface area contributed by atoms with Crippen molar-refractivity contribution in [3.8, 4) is 0 Å². The fourth-order valence-electron chi connectivity index (χ4n) is 6.48. The first-order chi connectivity index (χ1) is 9.20. The van der Waals surface area contributed by atoms with E-state index < -0.39 is 0 Å². The molecule has 19 heavy (non-hydrogen) atoms. The Balaban J connectivity index is 1.64. The molecule has 4 aliphatic rings. The van der Waals surface area contributed by atoms with Gasteiger partial charge in [-0.3, -0.25) is 0 Å². The summed E-state index contributed by atoms with van der Waals surface area (Å²) >= 11 is 0. The molecule has 1 spiro atoms. The predicted octanol–water partition coefficient (Wildman–Crippen LogP) is 2.89. The minimum absolute atomic E-state index is 0.711. The highest BCUT2D eigenvalue weighted by Crippen LogP contribution is 2.64. The highest BCUT2D eigenvalue weighted by molar-refractivity contribution is 5.18. The maximum Gasteiger partial charge on any atom is 0.0135 e. The number of hydrogen-bond donors (Lipinski definition) is 1. The molecule has 4 rings (SSSR count). The highest BCUT2D eigenvalue weighted by atomic mass is 15.1. The van der Waals surface area contributed by atoms with Gasteiger partial charge in [0.1, 0.15) is 0 Å². The van der Waals surface area contributed by atoms with Gasteiger partial charge in [-0.2, -0.15) is 0 Å². The fraction of sp³-hybridized carbons (Fsp3) is 1.00. The van der Waals surface area contributed by atoms with Gasteiger partial charge in [0.25, 0.3) is 0 Å². The summed E-state index contributed by atoms with van der Waals surface area (Å²) in [5, 5.41) is 4.06. The van der Waals surface area contributed by atoms with Crippen LogP contribution in [0.5, 0.6) is 0 Å². The van der Waals surface area contributed by atoms with Gasteiger partial charge in [-0.15, -0.1) is 0 Å². The van der Waals surface area contributed by atoms with Gasteiger partial charge in [0.2, 0.25) is 0 Å². The molecular weight excluding hydrogens is 232 g/mol. The Hall–Kier alpha value is -0.0800. The second kappa shape index (κ2) is 4.46. The molecule has 2 saturated heterocycles. The van der Waals surface area contributed by atoms with Crippen molar-refractivity contribution < 1.29 is 0 Å². The van der Waals surface area contributed by atoms with Crippen LogP contribution in [0.2, 0.25) is 0 Å². The van der Waals surface area contributed by atoms with E-state index in [1.807, 2.05) is 0 Å². The first-order valence-electron chi connectivity index (χ1n) is 8.65. The SMILES string of the molecule is CC1CC2CC3NC(C1)C21CCCN(C)CCC[C@H]31. The van der Waals surface area contributed by atoms with E-state index in [4.69, 9.17) is 0 Å². The average Bonchev–Trinajstić information content (AvgIpc) is 2.79. The number of hydrogen-bond acceptors (Lipinski definition) is 2. The first-order valence-corrected chi connectivity index (χ1v) is 8.65. The molecule has 4 fully saturated rings. The zero-order valence-electron chi connectivity index (χ0n) is 12.7. The van der Waals surface area contributed by atoms with Crippen LogP contribution in [0.4, 0.5) is 0 Å². The average molecular weight is 262 g/mol. The molecule has 2 bridgehead atoms. The van der Waals surface area contributed by atoms with Gasteiger partial charge in [-0.1, -0.05) is 6.92 Å². The summed E-state index contributed by atoms with van der Waals surface area (Å²) < 4.78 is 0. The quantitative estimate of drug-likeness (QED) is 0.722. The van der Waals surface area contributed by atoms with Crippen LogP contribution in [-0.2, 0) is 0 Å². The fourth-order valence-corrected chi connectivity index (χ4v) is 6.48. The third kappa shape index (κ3) is 1.75. The molecule has 2 aliphatic carbocycles. The van der Waals surface area contributed by atoms with Crippen molar-refractivity contribution in [2.45, 2.75) is 64.0 Å². The van der Waals surface area contributed by atoms with Crippen LogP contribution in [0, 0.1) is 23.2 Å². The number of rotatable bonds is 0. The van der Waals surface area contributed by atoms with E-state index in [9.17, 15) is 0 Å². The molecular formula is C17H30N2. The summed E-state index contributed by atoms with van der Waals surface area (Å²) in [7, 11) is 2.32. The highest BCUT2D eigenvalue weighted by Gasteiger charge is 2.64. The Labute approximate surface area is 118 Å². The summed E-state index contributed by atoms with van der Waals surface area (Å²) in [4.78, 5) is 2.57. The normalized spacial score (nSPS) is 54.3. The zero-order valence-corrected chi connectivity index (χ0v) is 12.7. The lowest BCUT2D eigenvalue weighted by molar-refractivity contribution is 0.0226. The van der Waals surface area contributed by atoms with Crippen LogP contribution in [0.3, 0.4) is 0 Å². The Morgan fingerprint density at radius 3 is 2.79 bits per heavy atom. The maximum atomic E-state index is 4.06. The molecule has 2 aliphatic heterocycles. The van der Waals surface area contributed by atoms with Gasteiger partial charge in [0, 0.05) is 12.1 Å². The van der Waals surface area contributed by atoms with Crippen LogP contribution >= 0.6 is 0 Å². The second-order valence-electron chi connectivity index (χ2n) is 8.10. The Bertz CT molecular complexity index is 337. The van der Waals surface area contributed by atoms with Crippen molar-refractivity contribution in [2.24, 2.45) is 23.2 Å². The summed E-state index contributed by atoms with van der Waals surface area (Å²) in [5.74, 6) is 3.03. The molecule has 2 heteroatoms. The molecule has 0 radical (unpaired) electrons. The van der Waals surface area contributed by atoms with Gasteiger partial charge in [-0.25, -0.2) is 0 Å². The zero-order chi connectivity index (χ0) is 13.0. The predicted molar refractivity (Wildman–Crippen MR) is 79.1 cm³/mol. The topological polar surface area (TPSA) is 15.3 Å². The van der Waals surface area contributed by atoms with E-state index >= 15 is 0 Å². The van der Waals surface area contributed by atoms with Crippen LogP contribution < -0.4 is 5.32 Å². The van der Waals surface area contributed by atoms with Gasteiger partial charge >= 0.3 is 0 Å². The molecule has 6 atom stereocenters. The third-order valence-corrected chi connectivity index (χ3v) is 7.07. The minimum atomic E-state index is 0.711. The molecule has 0 aromatic rings. The van der Waals surface area contributed by atoms with Crippen molar-refractivity contribution >= 4 is 0 Å². The van der Waals surface area contributed by atoms with E-state index in [0.29, 0.717) is 5.41 Å². The number of nitrogens with zero attached hydrogens (tertiary/aromatic N) is 1. The second-order valence-corrected chi connectivity index (χ2v) is 8.10. The third-order valence-electron chi connectivity index (χ3n) is 7.07. The molecule has 2 nitrogen and oxygen atoms in total. The molecule has 108 valence electrons.